The van der Waals surface area contributed by atoms with Gasteiger partial charge in [0.1, 0.15) is 0 Å². The number of hydrogen-bond acceptors (Lipinski definition) is 3. The summed E-state index contributed by atoms with van der Waals surface area (Å²) < 4.78 is 0. The van der Waals surface area contributed by atoms with Gasteiger partial charge in [-0.1, -0.05) is 23.2 Å². The molecule has 1 aromatic carbocycles. The van der Waals surface area contributed by atoms with Crippen LogP contribution in [0.3, 0.4) is 0 Å². The van der Waals surface area contributed by atoms with Crippen LogP contribution in [0.25, 0.3) is 0 Å². The predicted molar refractivity (Wildman–Crippen MR) is 72.0 cm³/mol. The van der Waals surface area contributed by atoms with E-state index in [9.17, 15) is 4.79 Å². The number of nitrogens with two attached hydrogens (primary N) is 1. The van der Waals surface area contributed by atoms with Crippen molar-refractivity contribution in [3.05, 3.63) is 27.7 Å². The molecule has 0 heterocycles. The van der Waals surface area contributed by atoms with E-state index in [4.69, 9.17) is 34.0 Å². The number of amides is 1. The smallest absolute Gasteiger partial charge is 0.254 e. The summed E-state index contributed by atoms with van der Waals surface area (Å²) in [5.41, 5.74) is 6.30. The quantitative estimate of drug-likeness (QED) is 0.835. The van der Waals surface area contributed by atoms with Gasteiger partial charge in [-0.3, -0.25) is 4.79 Å². The molecular weight excluding hydrogens is 275 g/mol. The predicted octanol–water partition coefficient (Wildman–Crippen LogP) is 2.17. The molecule has 0 unspecified atom stereocenters. The van der Waals surface area contributed by atoms with Crippen molar-refractivity contribution in [1.29, 1.82) is 0 Å². The Morgan fingerprint density at radius 3 is 2.39 bits per heavy atom. The zero-order valence-electron chi connectivity index (χ0n) is 9.70. The fourth-order valence-electron chi connectivity index (χ4n) is 1.82. The Hall–Kier alpha value is -0.970. The van der Waals surface area contributed by atoms with Crippen LogP contribution in [0.5, 0.6) is 0 Å². The molecule has 0 atom stereocenters. The van der Waals surface area contributed by atoms with E-state index in [1.54, 1.807) is 4.90 Å². The first-order chi connectivity index (χ1) is 8.54. The average molecular weight is 289 g/mol. The Bertz CT molecular complexity index is 452. The minimum Gasteiger partial charge on any atom is -0.396 e. The second kappa shape index (κ2) is 5.34. The summed E-state index contributed by atoms with van der Waals surface area (Å²) in [5, 5.41) is 9.53. The molecular formula is C12H14Cl2N2O2. The fraction of sp³-hybridized carbons (Fsp3) is 0.417. The molecule has 0 radical (unpaired) electrons. The maximum atomic E-state index is 12.3. The highest BCUT2D eigenvalue weighted by Crippen LogP contribution is 2.32. The molecule has 98 valence electrons. The number of rotatable bonds is 4. The molecule has 0 spiro atoms. The van der Waals surface area contributed by atoms with Gasteiger partial charge in [0, 0.05) is 18.2 Å². The van der Waals surface area contributed by atoms with E-state index < -0.39 is 0 Å². The van der Waals surface area contributed by atoms with Crippen molar-refractivity contribution in [3.63, 3.8) is 0 Å². The summed E-state index contributed by atoms with van der Waals surface area (Å²) >= 11 is 11.8. The molecule has 3 N–H and O–H groups in total. The van der Waals surface area contributed by atoms with E-state index in [0.29, 0.717) is 12.1 Å². The first-order valence-corrected chi connectivity index (χ1v) is 6.46. The number of anilines is 1. The normalized spacial score (nSPS) is 14.6. The van der Waals surface area contributed by atoms with Crippen molar-refractivity contribution in [1.82, 2.24) is 4.90 Å². The van der Waals surface area contributed by atoms with E-state index in [1.165, 1.54) is 12.1 Å². The van der Waals surface area contributed by atoms with Gasteiger partial charge in [0.05, 0.1) is 22.3 Å². The standard InChI is InChI=1S/C12H14Cl2N2O2/c13-9-5-7(6-10(14)11(9)15)12(18)16(3-4-17)8-1-2-8/h5-6,8,17H,1-4,15H2. The van der Waals surface area contributed by atoms with Gasteiger partial charge < -0.3 is 15.7 Å². The number of benzene rings is 1. The van der Waals surface area contributed by atoms with Crippen LogP contribution in [0.1, 0.15) is 23.2 Å². The lowest BCUT2D eigenvalue weighted by Crippen LogP contribution is -2.35. The number of hydrogen-bond donors (Lipinski definition) is 2. The highest BCUT2D eigenvalue weighted by atomic mass is 35.5. The molecule has 0 saturated heterocycles. The van der Waals surface area contributed by atoms with Crippen LogP contribution in [0.15, 0.2) is 12.1 Å². The van der Waals surface area contributed by atoms with Gasteiger partial charge in [-0.25, -0.2) is 0 Å². The third-order valence-electron chi connectivity index (χ3n) is 2.92. The van der Waals surface area contributed by atoms with Crippen molar-refractivity contribution >= 4 is 34.8 Å². The van der Waals surface area contributed by atoms with Crippen molar-refractivity contribution in [2.75, 3.05) is 18.9 Å². The fourth-order valence-corrected chi connectivity index (χ4v) is 2.30. The summed E-state index contributed by atoms with van der Waals surface area (Å²) in [7, 11) is 0. The van der Waals surface area contributed by atoms with E-state index in [1.807, 2.05) is 0 Å². The number of aliphatic hydroxyl groups excluding tert-OH is 1. The Morgan fingerprint density at radius 2 is 1.94 bits per heavy atom. The zero-order chi connectivity index (χ0) is 13.3. The highest BCUT2D eigenvalue weighted by Gasteiger charge is 2.32. The van der Waals surface area contributed by atoms with Crippen LogP contribution in [0.4, 0.5) is 5.69 Å². The largest absolute Gasteiger partial charge is 0.396 e. The molecule has 18 heavy (non-hydrogen) atoms. The van der Waals surface area contributed by atoms with Gasteiger partial charge in [0.2, 0.25) is 0 Å². The first kappa shape index (κ1) is 13.5. The third-order valence-corrected chi connectivity index (χ3v) is 3.54. The number of aliphatic hydroxyl groups is 1. The van der Waals surface area contributed by atoms with Gasteiger partial charge in [0.25, 0.3) is 5.91 Å². The lowest BCUT2D eigenvalue weighted by Gasteiger charge is -2.21. The summed E-state index contributed by atoms with van der Waals surface area (Å²) in [4.78, 5) is 13.9. The molecule has 0 aliphatic heterocycles. The van der Waals surface area contributed by atoms with Crippen LogP contribution in [0.2, 0.25) is 10.0 Å². The summed E-state index contributed by atoms with van der Waals surface area (Å²) in [6.07, 6.45) is 1.95. The van der Waals surface area contributed by atoms with Crippen molar-refractivity contribution in [2.24, 2.45) is 0 Å². The summed E-state index contributed by atoms with van der Waals surface area (Å²) in [5.74, 6) is -0.171. The van der Waals surface area contributed by atoms with Crippen LogP contribution in [-0.2, 0) is 0 Å². The van der Waals surface area contributed by atoms with E-state index >= 15 is 0 Å². The second-order valence-electron chi connectivity index (χ2n) is 4.31. The lowest BCUT2D eigenvalue weighted by atomic mass is 10.1. The summed E-state index contributed by atoms with van der Waals surface area (Å²) in [6, 6.07) is 3.25. The summed E-state index contributed by atoms with van der Waals surface area (Å²) in [6.45, 7) is 0.266. The van der Waals surface area contributed by atoms with Gasteiger partial charge in [-0.15, -0.1) is 0 Å². The Morgan fingerprint density at radius 1 is 1.39 bits per heavy atom. The average Bonchev–Trinajstić information content (AvgIpc) is 3.15. The van der Waals surface area contributed by atoms with Crippen molar-refractivity contribution in [2.45, 2.75) is 18.9 Å². The van der Waals surface area contributed by atoms with Gasteiger partial charge in [0.15, 0.2) is 0 Å². The van der Waals surface area contributed by atoms with Gasteiger partial charge in [-0.2, -0.15) is 0 Å². The Kier molecular flexibility index (Phi) is 4.00. The topological polar surface area (TPSA) is 66.6 Å². The SMILES string of the molecule is Nc1c(Cl)cc(C(=O)N(CCO)C2CC2)cc1Cl. The molecule has 1 aliphatic carbocycles. The second-order valence-corrected chi connectivity index (χ2v) is 5.12. The minimum absolute atomic E-state index is 0.0569. The van der Waals surface area contributed by atoms with Crippen LogP contribution < -0.4 is 5.73 Å². The lowest BCUT2D eigenvalue weighted by molar-refractivity contribution is 0.0707. The molecule has 4 nitrogen and oxygen atoms in total. The number of carbonyl (C=O) groups is 1. The maximum Gasteiger partial charge on any atom is 0.254 e. The minimum atomic E-state index is -0.171. The molecule has 0 bridgehead atoms. The molecule has 1 fully saturated rings. The Balaban J connectivity index is 2.26. The third kappa shape index (κ3) is 2.71. The highest BCUT2D eigenvalue weighted by molar-refractivity contribution is 6.39. The molecule has 2 rings (SSSR count). The molecule has 1 saturated carbocycles. The Labute approximate surface area is 115 Å². The van der Waals surface area contributed by atoms with Crippen LogP contribution in [0, 0.1) is 0 Å². The molecule has 1 amide bonds. The van der Waals surface area contributed by atoms with E-state index in [0.717, 1.165) is 12.8 Å². The number of halogens is 2. The van der Waals surface area contributed by atoms with Gasteiger partial charge in [-0.05, 0) is 25.0 Å². The monoisotopic (exact) mass is 288 g/mol. The molecule has 1 aliphatic rings. The van der Waals surface area contributed by atoms with Crippen molar-refractivity contribution < 1.29 is 9.90 Å². The number of carbonyl (C=O) groups excluding carboxylic acids is 1. The number of nitrogens with zero attached hydrogens (tertiary/aromatic N) is 1. The molecule has 0 aromatic heterocycles. The van der Waals surface area contributed by atoms with E-state index in [2.05, 4.69) is 0 Å². The van der Waals surface area contributed by atoms with E-state index in [-0.39, 0.29) is 34.3 Å². The van der Waals surface area contributed by atoms with Crippen molar-refractivity contribution in [3.8, 4) is 0 Å². The first-order valence-electron chi connectivity index (χ1n) is 5.71. The maximum absolute atomic E-state index is 12.3. The van der Waals surface area contributed by atoms with Crippen LogP contribution in [-0.4, -0.2) is 35.1 Å². The molecule has 1 aromatic rings. The zero-order valence-corrected chi connectivity index (χ0v) is 11.2. The molecule has 6 heteroatoms. The van der Waals surface area contributed by atoms with Gasteiger partial charge >= 0.3 is 0 Å². The number of nitrogen functional groups attached to an aromatic ring is 1. The van der Waals surface area contributed by atoms with Crippen LogP contribution >= 0.6 is 23.2 Å².